The second-order valence-electron chi connectivity index (χ2n) is 9.75. The number of ether oxygens (including phenoxy) is 2. The van der Waals surface area contributed by atoms with E-state index >= 15 is 0 Å². The Kier molecular flexibility index (Phi) is 11.1. The van der Waals surface area contributed by atoms with Crippen LogP contribution in [-0.4, -0.2) is 33.1 Å². The second-order valence-corrected chi connectivity index (χ2v) is 11.6. The van der Waals surface area contributed by atoms with Crippen LogP contribution in [0.4, 0.5) is 0 Å². The van der Waals surface area contributed by atoms with Crippen molar-refractivity contribution in [3.8, 4) is 11.5 Å². The van der Waals surface area contributed by atoms with Crippen LogP contribution in [0.1, 0.15) is 75.6 Å². The highest BCUT2D eigenvalue weighted by Crippen LogP contribution is 2.31. The van der Waals surface area contributed by atoms with Gasteiger partial charge in [-0.05, 0) is 51.0 Å². The number of benzene rings is 2. The van der Waals surface area contributed by atoms with E-state index in [0.29, 0.717) is 0 Å². The number of hydrogen-bond donors (Lipinski definition) is 0. The fraction of sp³-hybridized carbons (Fsp3) is 0.467. The molecule has 0 aliphatic heterocycles. The van der Waals surface area contributed by atoms with E-state index in [4.69, 9.17) is 9.47 Å². The van der Waals surface area contributed by atoms with E-state index in [9.17, 15) is 0 Å². The first kappa shape index (κ1) is 28.7. The van der Waals surface area contributed by atoms with Crippen LogP contribution in [0.5, 0.6) is 11.5 Å². The summed E-state index contributed by atoms with van der Waals surface area (Å²) in [5.74, 6) is 1.67. The lowest BCUT2D eigenvalue weighted by atomic mass is 10.1. The molecule has 202 valence electrons. The van der Waals surface area contributed by atoms with Gasteiger partial charge < -0.3 is 9.47 Å². The Morgan fingerprint density at radius 1 is 0.526 bits per heavy atom. The Morgan fingerprint density at radius 2 is 0.895 bits per heavy atom. The SMILES string of the molecule is Cc1ncnc2c(OCCCCCCCCCCCCOc3cc(Br)cc4c(C)ncnc34)cc(Br)cc12. The van der Waals surface area contributed by atoms with E-state index in [1.54, 1.807) is 12.7 Å². The molecule has 0 bridgehead atoms. The van der Waals surface area contributed by atoms with Crippen molar-refractivity contribution in [3.05, 3.63) is 57.3 Å². The zero-order chi connectivity index (χ0) is 26.7. The van der Waals surface area contributed by atoms with Crippen molar-refractivity contribution in [2.24, 2.45) is 0 Å². The highest BCUT2D eigenvalue weighted by atomic mass is 79.9. The van der Waals surface area contributed by atoms with Gasteiger partial charge in [0.05, 0.1) is 13.2 Å². The third-order valence-corrected chi connectivity index (χ3v) is 7.70. The van der Waals surface area contributed by atoms with Crippen LogP contribution in [0.15, 0.2) is 45.9 Å². The minimum absolute atomic E-state index is 0.721. The van der Waals surface area contributed by atoms with E-state index in [2.05, 4.69) is 51.8 Å². The quantitative estimate of drug-likeness (QED) is 0.120. The van der Waals surface area contributed by atoms with E-state index in [-0.39, 0.29) is 0 Å². The maximum absolute atomic E-state index is 6.07. The topological polar surface area (TPSA) is 70.0 Å². The molecule has 0 unspecified atom stereocenters. The van der Waals surface area contributed by atoms with Crippen molar-refractivity contribution in [2.45, 2.75) is 78.1 Å². The van der Waals surface area contributed by atoms with Crippen molar-refractivity contribution in [1.82, 2.24) is 19.9 Å². The Labute approximate surface area is 242 Å². The summed E-state index contributed by atoms with van der Waals surface area (Å²) in [4.78, 5) is 17.4. The summed E-state index contributed by atoms with van der Waals surface area (Å²) < 4.78 is 14.1. The molecule has 0 saturated carbocycles. The highest BCUT2D eigenvalue weighted by Gasteiger charge is 2.10. The lowest BCUT2D eigenvalue weighted by molar-refractivity contribution is 0.305. The Balaban J connectivity index is 1.02. The molecule has 0 aliphatic carbocycles. The van der Waals surface area contributed by atoms with E-state index in [1.807, 2.05) is 38.1 Å². The minimum Gasteiger partial charge on any atom is -0.491 e. The average Bonchev–Trinajstić information content (AvgIpc) is 2.90. The molecule has 4 aromatic rings. The van der Waals surface area contributed by atoms with Gasteiger partial charge >= 0.3 is 0 Å². The summed E-state index contributed by atoms with van der Waals surface area (Å²) in [7, 11) is 0. The molecule has 0 fully saturated rings. The normalized spacial score (nSPS) is 11.4. The maximum atomic E-state index is 6.07. The van der Waals surface area contributed by atoms with Gasteiger partial charge in [-0.3, -0.25) is 0 Å². The summed E-state index contributed by atoms with van der Waals surface area (Å²) in [5, 5.41) is 2.07. The summed E-state index contributed by atoms with van der Waals surface area (Å²) in [6.45, 7) is 5.44. The Bertz CT molecular complexity index is 1250. The fourth-order valence-electron chi connectivity index (χ4n) is 4.65. The largest absolute Gasteiger partial charge is 0.491 e. The van der Waals surface area contributed by atoms with Gasteiger partial charge in [-0.15, -0.1) is 0 Å². The van der Waals surface area contributed by atoms with Gasteiger partial charge in [-0.1, -0.05) is 83.2 Å². The third-order valence-electron chi connectivity index (χ3n) is 6.79. The average molecular weight is 644 g/mol. The molecule has 0 atom stereocenters. The first-order valence-corrected chi connectivity index (χ1v) is 15.2. The summed E-state index contributed by atoms with van der Waals surface area (Å²) in [6.07, 6.45) is 15.5. The van der Waals surface area contributed by atoms with Crippen molar-refractivity contribution in [2.75, 3.05) is 13.2 Å². The first-order chi connectivity index (χ1) is 18.5. The summed E-state index contributed by atoms with van der Waals surface area (Å²) in [6, 6.07) is 8.10. The number of halogens is 2. The molecule has 2 heterocycles. The molecule has 0 radical (unpaired) electrons. The van der Waals surface area contributed by atoms with Gasteiger partial charge in [-0.25, -0.2) is 19.9 Å². The van der Waals surface area contributed by atoms with E-state index in [0.717, 1.165) is 79.7 Å². The molecule has 4 rings (SSSR count). The number of hydrogen-bond acceptors (Lipinski definition) is 6. The first-order valence-electron chi connectivity index (χ1n) is 13.6. The van der Waals surface area contributed by atoms with Gasteiger partial charge in [0.2, 0.25) is 0 Å². The third kappa shape index (κ3) is 8.09. The zero-order valence-electron chi connectivity index (χ0n) is 22.3. The van der Waals surface area contributed by atoms with Gasteiger partial charge in [0.15, 0.2) is 0 Å². The van der Waals surface area contributed by atoms with Crippen LogP contribution >= 0.6 is 31.9 Å². The van der Waals surface area contributed by atoms with E-state index in [1.165, 1.54) is 51.4 Å². The standard InChI is InChI=1S/C30H36Br2N4O2/c1-21-25-15-23(31)17-27(29(25)35-19-33-21)37-13-11-9-7-5-3-4-6-8-10-12-14-38-28-18-24(32)16-26-22(2)34-20-36-30(26)28/h15-20H,3-14H2,1-2H3. The molecule has 6 nitrogen and oxygen atoms in total. The van der Waals surface area contributed by atoms with Crippen molar-refractivity contribution < 1.29 is 9.47 Å². The van der Waals surface area contributed by atoms with Crippen LogP contribution in [0.3, 0.4) is 0 Å². The lowest BCUT2D eigenvalue weighted by Crippen LogP contribution is -2.00. The number of aryl methyl sites for hydroxylation is 2. The molecule has 2 aromatic carbocycles. The van der Waals surface area contributed by atoms with Crippen LogP contribution in [0.2, 0.25) is 0 Å². The number of aromatic nitrogens is 4. The number of nitrogens with zero attached hydrogens (tertiary/aromatic N) is 4. The molecule has 0 spiro atoms. The number of fused-ring (bicyclic) bond motifs is 2. The molecule has 2 aromatic heterocycles. The number of rotatable bonds is 15. The smallest absolute Gasteiger partial charge is 0.146 e. The fourth-order valence-corrected chi connectivity index (χ4v) is 5.53. The van der Waals surface area contributed by atoms with Gasteiger partial charge in [0.1, 0.15) is 35.2 Å². The predicted octanol–water partition coefficient (Wildman–Crippen LogP) is 9.07. The van der Waals surface area contributed by atoms with Crippen LogP contribution in [-0.2, 0) is 0 Å². The van der Waals surface area contributed by atoms with Gasteiger partial charge in [0, 0.05) is 31.1 Å². The molecule has 0 N–H and O–H groups in total. The van der Waals surface area contributed by atoms with Crippen molar-refractivity contribution >= 4 is 53.7 Å². The lowest BCUT2D eigenvalue weighted by Gasteiger charge is -2.10. The maximum Gasteiger partial charge on any atom is 0.146 e. The molecule has 0 amide bonds. The molecule has 0 saturated heterocycles. The van der Waals surface area contributed by atoms with Crippen molar-refractivity contribution in [1.29, 1.82) is 0 Å². The summed E-state index contributed by atoms with van der Waals surface area (Å²) >= 11 is 7.15. The van der Waals surface area contributed by atoms with Crippen LogP contribution < -0.4 is 9.47 Å². The van der Waals surface area contributed by atoms with Crippen LogP contribution in [0, 0.1) is 13.8 Å². The minimum atomic E-state index is 0.721. The molecule has 0 aliphatic rings. The molecular weight excluding hydrogens is 608 g/mol. The predicted molar refractivity (Wildman–Crippen MR) is 161 cm³/mol. The molecule has 38 heavy (non-hydrogen) atoms. The van der Waals surface area contributed by atoms with Crippen molar-refractivity contribution in [3.63, 3.8) is 0 Å². The van der Waals surface area contributed by atoms with Crippen LogP contribution in [0.25, 0.3) is 21.8 Å². The summed E-state index contributed by atoms with van der Waals surface area (Å²) in [5.41, 5.74) is 3.71. The molecular formula is C30H36Br2N4O2. The molecule has 8 heteroatoms. The van der Waals surface area contributed by atoms with Gasteiger partial charge in [-0.2, -0.15) is 0 Å². The second kappa shape index (κ2) is 14.7. The monoisotopic (exact) mass is 642 g/mol. The Hall–Kier alpha value is -2.32. The highest BCUT2D eigenvalue weighted by molar-refractivity contribution is 9.10. The van der Waals surface area contributed by atoms with E-state index < -0.39 is 0 Å². The van der Waals surface area contributed by atoms with Gasteiger partial charge in [0.25, 0.3) is 0 Å². The number of unbranched alkanes of at least 4 members (excludes halogenated alkanes) is 9. The zero-order valence-corrected chi connectivity index (χ0v) is 25.5. The Morgan fingerprint density at radius 3 is 1.29 bits per heavy atom.